The van der Waals surface area contributed by atoms with Crippen molar-refractivity contribution >= 4 is 35.6 Å². The van der Waals surface area contributed by atoms with Crippen LogP contribution < -0.4 is 32.7 Å². The summed E-state index contributed by atoms with van der Waals surface area (Å²) in [6.07, 6.45) is 1.03. The topological polar surface area (TPSA) is 263 Å². The summed E-state index contributed by atoms with van der Waals surface area (Å²) in [6.45, 7) is 3.88. The molecular formula is C35H50N6O9. The van der Waals surface area contributed by atoms with Crippen LogP contribution in [0.5, 0.6) is 5.75 Å². The van der Waals surface area contributed by atoms with Gasteiger partial charge in [0.1, 0.15) is 29.9 Å². The molecule has 11 N–H and O–H groups in total. The Balaban J connectivity index is 2.41. The molecule has 2 rings (SSSR count). The summed E-state index contributed by atoms with van der Waals surface area (Å²) in [5.74, 6) is -6.00. The summed E-state index contributed by atoms with van der Waals surface area (Å²) in [5, 5.41) is 39.1. The van der Waals surface area contributed by atoms with E-state index >= 15 is 0 Å². The molecule has 0 aliphatic carbocycles. The number of aromatic hydroxyl groups is 1. The van der Waals surface area contributed by atoms with Gasteiger partial charge in [-0.15, -0.1) is 0 Å². The Bertz CT molecular complexity index is 1420. The maximum atomic E-state index is 13.9. The number of amides is 4. The molecule has 274 valence electrons. The van der Waals surface area contributed by atoms with E-state index in [-0.39, 0.29) is 31.4 Å². The second kappa shape index (κ2) is 21.1. The summed E-state index contributed by atoms with van der Waals surface area (Å²) in [6, 6.07) is 8.38. The van der Waals surface area contributed by atoms with Gasteiger partial charge >= 0.3 is 11.9 Å². The molecule has 2 aromatic carbocycles. The fourth-order valence-corrected chi connectivity index (χ4v) is 5.07. The molecule has 50 heavy (non-hydrogen) atoms. The molecule has 0 bridgehead atoms. The molecule has 0 aliphatic heterocycles. The highest BCUT2D eigenvalue weighted by molar-refractivity contribution is 5.95. The number of carbonyl (C=O) groups excluding carboxylic acids is 4. The largest absolute Gasteiger partial charge is 0.508 e. The van der Waals surface area contributed by atoms with Crippen LogP contribution in [0.3, 0.4) is 0 Å². The van der Waals surface area contributed by atoms with Crippen molar-refractivity contribution in [3.63, 3.8) is 0 Å². The highest BCUT2D eigenvalue weighted by atomic mass is 16.4. The number of aliphatic carboxylic acids is 2. The van der Waals surface area contributed by atoms with Crippen molar-refractivity contribution in [1.82, 2.24) is 21.3 Å². The average Bonchev–Trinajstić information content (AvgIpc) is 3.08. The summed E-state index contributed by atoms with van der Waals surface area (Å²) >= 11 is 0. The van der Waals surface area contributed by atoms with E-state index in [1.807, 2.05) is 0 Å². The van der Waals surface area contributed by atoms with Crippen LogP contribution in [0.25, 0.3) is 0 Å². The lowest BCUT2D eigenvalue weighted by Gasteiger charge is -2.27. The molecule has 6 atom stereocenters. The van der Waals surface area contributed by atoms with Crippen LogP contribution in [0.1, 0.15) is 63.5 Å². The van der Waals surface area contributed by atoms with E-state index in [1.54, 1.807) is 44.2 Å². The third-order valence-corrected chi connectivity index (χ3v) is 8.29. The predicted octanol–water partition coefficient (Wildman–Crippen LogP) is 0.568. The third kappa shape index (κ3) is 14.2. The van der Waals surface area contributed by atoms with E-state index < -0.39 is 78.1 Å². The number of unbranched alkanes of at least 4 members (excludes halogenated alkanes) is 1. The number of nitrogens with one attached hydrogen (secondary N) is 4. The Morgan fingerprint density at radius 1 is 0.700 bits per heavy atom. The molecular weight excluding hydrogens is 648 g/mol. The fourth-order valence-electron chi connectivity index (χ4n) is 5.07. The van der Waals surface area contributed by atoms with Gasteiger partial charge in [0, 0.05) is 19.3 Å². The molecule has 0 aromatic heterocycles. The zero-order chi connectivity index (χ0) is 37.2. The van der Waals surface area contributed by atoms with E-state index in [0.717, 1.165) is 0 Å². The Hall–Kier alpha value is -5.02. The van der Waals surface area contributed by atoms with Gasteiger partial charge in [-0.05, 0) is 55.0 Å². The lowest BCUT2D eigenvalue weighted by molar-refractivity contribution is -0.144. The van der Waals surface area contributed by atoms with Gasteiger partial charge in [0.15, 0.2) is 0 Å². The first-order chi connectivity index (χ1) is 23.7. The van der Waals surface area contributed by atoms with Crippen molar-refractivity contribution in [2.45, 2.75) is 95.4 Å². The number of benzene rings is 2. The van der Waals surface area contributed by atoms with E-state index in [1.165, 1.54) is 24.3 Å². The highest BCUT2D eigenvalue weighted by Gasteiger charge is 2.33. The van der Waals surface area contributed by atoms with Gasteiger partial charge < -0.3 is 48.1 Å². The van der Waals surface area contributed by atoms with Crippen molar-refractivity contribution in [2.24, 2.45) is 17.4 Å². The predicted molar refractivity (Wildman–Crippen MR) is 185 cm³/mol. The molecule has 15 heteroatoms. The molecule has 15 nitrogen and oxygen atoms in total. The van der Waals surface area contributed by atoms with Crippen molar-refractivity contribution in [3.8, 4) is 5.75 Å². The van der Waals surface area contributed by atoms with Crippen molar-refractivity contribution in [3.05, 3.63) is 65.7 Å². The molecule has 0 saturated carbocycles. The SMILES string of the molecule is CC[C@H](C)[C@H](NC(=O)[C@H](Cc1ccccc1)NC(=O)[C@H](Cc1ccc(O)cc1)NC(=O)[C@H](CCC(=O)O)NC(=O)[C@@H](N)CCCCN)C(=O)O. The summed E-state index contributed by atoms with van der Waals surface area (Å²) in [7, 11) is 0. The Labute approximate surface area is 291 Å². The van der Waals surface area contributed by atoms with Gasteiger partial charge in [-0.1, -0.05) is 69.2 Å². The van der Waals surface area contributed by atoms with Gasteiger partial charge in [0.05, 0.1) is 6.04 Å². The molecule has 0 fully saturated rings. The minimum atomic E-state index is -1.37. The van der Waals surface area contributed by atoms with Gasteiger partial charge in [0.25, 0.3) is 0 Å². The fraction of sp³-hybridized carbons (Fsp3) is 0.486. The van der Waals surface area contributed by atoms with E-state index in [2.05, 4.69) is 21.3 Å². The maximum Gasteiger partial charge on any atom is 0.326 e. The van der Waals surface area contributed by atoms with E-state index in [9.17, 15) is 44.1 Å². The van der Waals surface area contributed by atoms with Crippen LogP contribution in [0.15, 0.2) is 54.6 Å². The van der Waals surface area contributed by atoms with Gasteiger partial charge in [-0.3, -0.25) is 24.0 Å². The lowest BCUT2D eigenvalue weighted by atomic mass is 9.97. The maximum absolute atomic E-state index is 13.9. The number of nitrogens with two attached hydrogens (primary N) is 2. The van der Waals surface area contributed by atoms with Crippen LogP contribution in [-0.4, -0.2) is 87.6 Å². The standard InChI is InChI=1S/C35H50N6O9/c1-3-21(2)30(35(49)50)41-34(48)28(19-22-9-5-4-6-10-22)40-33(47)27(20-23-12-14-24(42)15-13-23)39-32(46)26(16-17-29(43)44)38-31(45)25(37)11-7-8-18-36/h4-6,9-10,12-15,21,25-28,30,42H,3,7-8,11,16-20,36-37H2,1-2H3,(H,38,45)(H,39,46)(H,40,47)(H,41,48)(H,43,44)(H,49,50)/t21-,25-,26-,27-,28-,30-/m0/s1. The smallest absolute Gasteiger partial charge is 0.326 e. The molecule has 0 saturated heterocycles. The number of rotatable bonds is 22. The van der Waals surface area contributed by atoms with E-state index in [4.69, 9.17) is 11.5 Å². The summed E-state index contributed by atoms with van der Waals surface area (Å²) in [4.78, 5) is 77.4. The number of hydrogen-bond acceptors (Lipinski definition) is 9. The number of carboxylic acids is 2. The molecule has 2 aromatic rings. The zero-order valence-electron chi connectivity index (χ0n) is 28.5. The summed E-state index contributed by atoms with van der Waals surface area (Å²) < 4.78 is 0. The van der Waals surface area contributed by atoms with Gasteiger partial charge in [-0.25, -0.2) is 4.79 Å². The van der Waals surface area contributed by atoms with Gasteiger partial charge in [0.2, 0.25) is 23.6 Å². The third-order valence-electron chi connectivity index (χ3n) is 8.29. The molecule has 0 spiro atoms. The number of carboxylic acid groups (broad SMARTS) is 2. The van der Waals surface area contributed by atoms with E-state index in [0.29, 0.717) is 36.9 Å². The lowest BCUT2D eigenvalue weighted by Crippen LogP contribution is -2.59. The Morgan fingerprint density at radius 2 is 1.22 bits per heavy atom. The minimum Gasteiger partial charge on any atom is -0.508 e. The van der Waals surface area contributed by atoms with Crippen molar-refractivity contribution < 1.29 is 44.1 Å². The molecule has 0 radical (unpaired) electrons. The first-order valence-corrected chi connectivity index (χ1v) is 16.7. The number of carbonyl (C=O) groups is 6. The Morgan fingerprint density at radius 3 is 1.74 bits per heavy atom. The van der Waals surface area contributed by atoms with Crippen LogP contribution in [0.2, 0.25) is 0 Å². The molecule has 0 heterocycles. The van der Waals surface area contributed by atoms with Crippen molar-refractivity contribution in [1.29, 1.82) is 0 Å². The van der Waals surface area contributed by atoms with Crippen LogP contribution in [-0.2, 0) is 41.6 Å². The van der Waals surface area contributed by atoms with Crippen LogP contribution >= 0.6 is 0 Å². The average molecular weight is 699 g/mol. The first kappa shape index (κ1) is 41.2. The van der Waals surface area contributed by atoms with Gasteiger partial charge in [-0.2, -0.15) is 0 Å². The monoisotopic (exact) mass is 698 g/mol. The normalized spacial score (nSPS) is 14.6. The van der Waals surface area contributed by atoms with Crippen LogP contribution in [0, 0.1) is 5.92 Å². The second-order valence-electron chi connectivity index (χ2n) is 12.3. The highest BCUT2D eigenvalue weighted by Crippen LogP contribution is 2.14. The quantitative estimate of drug-likeness (QED) is 0.0768. The minimum absolute atomic E-state index is 0.00945. The number of hydrogen-bond donors (Lipinski definition) is 9. The number of phenols is 1. The summed E-state index contributed by atoms with van der Waals surface area (Å²) in [5.41, 5.74) is 12.7. The molecule has 4 amide bonds. The number of phenolic OH excluding ortho intramolecular Hbond substituents is 1. The van der Waals surface area contributed by atoms with Crippen molar-refractivity contribution in [2.75, 3.05) is 6.54 Å². The zero-order valence-corrected chi connectivity index (χ0v) is 28.5. The second-order valence-corrected chi connectivity index (χ2v) is 12.3. The molecule has 0 aliphatic rings. The Kier molecular flexibility index (Phi) is 17.4. The van der Waals surface area contributed by atoms with Crippen LogP contribution in [0.4, 0.5) is 0 Å². The molecule has 0 unspecified atom stereocenters. The first-order valence-electron chi connectivity index (χ1n) is 16.7.